The first-order chi connectivity index (χ1) is 10.1. The van der Waals surface area contributed by atoms with Crippen LogP contribution in [-0.4, -0.2) is 29.1 Å². The SMILES string of the molecule is Cc1ccc(Cc2noc(C3COCCC3=O)n2)cc1C. The van der Waals surface area contributed by atoms with Crippen LogP contribution in [0.4, 0.5) is 0 Å². The van der Waals surface area contributed by atoms with Crippen molar-refractivity contribution in [3.63, 3.8) is 0 Å². The topological polar surface area (TPSA) is 65.2 Å². The van der Waals surface area contributed by atoms with Crippen LogP contribution < -0.4 is 0 Å². The Morgan fingerprint density at radius 1 is 1.29 bits per heavy atom. The summed E-state index contributed by atoms with van der Waals surface area (Å²) >= 11 is 0. The van der Waals surface area contributed by atoms with Crippen molar-refractivity contribution in [3.8, 4) is 0 Å². The lowest BCUT2D eigenvalue weighted by atomic mass is 10.0. The van der Waals surface area contributed by atoms with Crippen LogP contribution in [0.25, 0.3) is 0 Å². The minimum Gasteiger partial charge on any atom is -0.380 e. The van der Waals surface area contributed by atoms with Gasteiger partial charge in [0.15, 0.2) is 5.82 Å². The van der Waals surface area contributed by atoms with E-state index in [1.807, 2.05) is 0 Å². The number of hydrogen-bond donors (Lipinski definition) is 0. The van der Waals surface area contributed by atoms with Crippen LogP contribution in [-0.2, 0) is 16.0 Å². The van der Waals surface area contributed by atoms with Crippen molar-refractivity contribution in [3.05, 3.63) is 46.6 Å². The van der Waals surface area contributed by atoms with Crippen LogP contribution in [0.2, 0.25) is 0 Å². The predicted octanol–water partition coefficient (Wildman–Crippen LogP) is 2.35. The van der Waals surface area contributed by atoms with Gasteiger partial charge in [0.1, 0.15) is 11.7 Å². The summed E-state index contributed by atoms with van der Waals surface area (Å²) in [4.78, 5) is 16.2. The molecule has 1 aromatic heterocycles. The molecule has 0 bridgehead atoms. The summed E-state index contributed by atoms with van der Waals surface area (Å²) in [6, 6.07) is 6.28. The zero-order valence-corrected chi connectivity index (χ0v) is 12.3. The van der Waals surface area contributed by atoms with Gasteiger partial charge < -0.3 is 9.26 Å². The lowest BCUT2D eigenvalue weighted by Gasteiger charge is -2.17. The van der Waals surface area contributed by atoms with Gasteiger partial charge in [0.25, 0.3) is 0 Å². The van der Waals surface area contributed by atoms with Crippen molar-refractivity contribution >= 4 is 5.78 Å². The zero-order chi connectivity index (χ0) is 14.8. The molecule has 0 N–H and O–H groups in total. The molecule has 1 unspecified atom stereocenters. The maximum absolute atomic E-state index is 11.8. The number of Topliss-reactive ketones (excluding diaryl/α,β-unsaturated/α-hetero) is 1. The smallest absolute Gasteiger partial charge is 0.239 e. The quantitative estimate of drug-likeness (QED) is 0.866. The van der Waals surface area contributed by atoms with Crippen LogP contribution in [0.5, 0.6) is 0 Å². The van der Waals surface area contributed by atoms with Gasteiger partial charge in [0, 0.05) is 12.8 Å². The Balaban J connectivity index is 1.75. The van der Waals surface area contributed by atoms with Gasteiger partial charge in [-0.05, 0) is 30.5 Å². The van der Waals surface area contributed by atoms with E-state index in [9.17, 15) is 4.79 Å². The summed E-state index contributed by atoms with van der Waals surface area (Å²) < 4.78 is 10.6. The summed E-state index contributed by atoms with van der Waals surface area (Å²) in [5.41, 5.74) is 3.64. The van der Waals surface area contributed by atoms with Gasteiger partial charge in [-0.1, -0.05) is 23.4 Å². The van der Waals surface area contributed by atoms with Gasteiger partial charge >= 0.3 is 0 Å². The number of ketones is 1. The highest BCUT2D eigenvalue weighted by Gasteiger charge is 2.29. The molecule has 0 aliphatic carbocycles. The van der Waals surface area contributed by atoms with Crippen LogP contribution in [0, 0.1) is 13.8 Å². The van der Waals surface area contributed by atoms with Gasteiger partial charge in [-0.15, -0.1) is 0 Å². The molecule has 0 amide bonds. The van der Waals surface area contributed by atoms with E-state index in [1.165, 1.54) is 11.1 Å². The minimum atomic E-state index is -0.403. The highest BCUT2D eigenvalue weighted by atomic mass is 16.5. The maximum atomic E-state index is 11.8. The Bertz CT molecular complexity index is 663. The third kappa shape index (κ3) is 3.03. The number of benzene rings is 1. The van der Waals surface area contributed by atoms with E-state index in [0.717, 1.165) is 5.56 Å². The fraction of sp³-hybridized carbons (Fsp3) is 0.438. The molecule has 110 valence electrons. The third-order valence-corrected chi connectivity index (χ3v) is 3.88. The molecule has 0 spiro atoms. The van der Waals surface area contributed by atoms with Gasteiger partial charge in [-0.25, -0.2) is 0 Å². The van der Waals surface area contributed by atoms with Crippen LogP contribution in [0.1, 0.15) is 40.7 Å². The Morgan fingerprint density at radius 3 is 2.90 bits per heavy atom. The normalized spacial score (nSPS) is 19.0. The monoisotopic (exact) mass is 286 g/mol. The molecule has 2 heterocycles. The van der Waals surface area contributed by atoms with Gasteiger partial charge in [-0.2, -0.15) is 4.98 Å². The molecule has 0 saturated carbocycles. The van der Waals surface area contributed by atoms with Gasteiger partial charge in [0.05, 0.1) is 13.2 Å². The summed E-state index contributed by atoms with van der Waals surface area (Å²) in [7, 11) is 0. The Labute approximate surface area is 123 Å². The maximum Gasteiger partial charge on any atom is 0.239 e. The predicted molar refractivity (Wildman–Crippen MR) is 76.2 cm³/mol. The van der Waals surface area contributed by atoms with Crippen molar-refractivity contribution in [2.45, 2.75) is 32.6 Å². The van der Waals surface area contributed by atoms with Crippen molar-refractivity contribution in [2.24, 2.45) is 0 Å². The molecule has 2 aromatic rings. The highest BCUT2D eigenvalue weighted by molar-refractivity contribution is 5.85. The molecule has 5 nitrogen and oxygen atoms in total. The Morgan fingerprint density at radius 2 is 2.14 bits per heavy atom. The van der Waals surface area contributed by atoms with E-state index >= 15 is 0 Å². The van der Waals surface area contributed by atoms with Crippen molar-refractivity contribution < 1.29 is 14.1 Å². The molecule has 21 heavy (non-hydrogen) atoms. The molecule has 5 heteroatoms. The number of carbonyl (C=O) groups is 1. The number of aromatic nitrogens is 2. The van der Waals surface area contributed by atoms with Crippen molar-refractivity contribution in [1.29, 1.82) is 0 Å². The second kappa shape index (κ2) is 5.77. The highest BCUT2D eigenvalue weighted by Crippen LogP contribution is 2.21. The van der Waals surface area contributed by atoms with E-state index in [0.29, 0.717) is 37.8 Å². The molecule has 1 aliphatic rings. The van der Waals surface area contributed by atoms with Crippen LogP contribution in [0.3, 0.4) is 0 Å². The zero-order valence-electron chi connectivity index (χ0n) is 12.3. The standard InChI is InChI=1S/C16H18N2O3/c1-10-3-4-12(7-11(10)2)8-15-17-16(21-18-15)13-9-20-6-5-14(13)19/h3-4,7,13H,5-6,8-9H2,1-2H3. The molecule has 1 saturated heterocycles. The summed E-state index contributed by atoms with van der Waals surface area (Å²) in [6.07, 6.45) is 1.02. The summed E-state index contributed by atoms with van der Waals surface area (Å²) in [5, 5.41) is 3.98. The van der Waals surface area contributed by atoms with Gasteiger partial charge in [0.2, 0.25) is 5.89 Å². The number of carbonyl (C=O) groups excluding carboxylic acids is 1. The average Bonchev–Trinajstić information content (AvgIpc) is 2.92. The first kappa shape index (κ1) is 13.9. The van der Waals surface area contributed by atoms with E-state index in [1.54, 1.807) is 0 Å². The van der Waals surface area contributed by atoms with E-state index in [4.69, 9.17) is 9.26 Å². The number of aryl methyl sites for hydroxylation is 2. The number of nitrogens with zero attached hydrogens (tertiary/aromatic N) is 2. The fourth-order valence-corrected chi connectivity index (χ4v) is 2.43. The van der Waals surface area contributed by atoms with Crippen LogP contribution in [0.15, 0.2) is 22.7 Å². The largest absolute Gasteiger partial charge is 0.380 e. The first-order valence-corrected chi connectivity index (χ1v) is 7.12. The minimum absolute atomic E-state index is 0.114. The molecule has 1 atom stereocenters. The average molecular weight is 286 g/mol. The fourth-order valence-electron chi connectivity index (χ4n) is 2.43. The summed E-state index contributed by atoms with van der Waals surface area (Å²) in [5.74, 6) is 0.688. The first-order valence-electron chi connectivity index (χ1n) is 7.12. The molecule has 1 aromatic carbocycles. The van der Waals surface area contributed by atoms with Crippen LogP contribution >= 0.6 is 0 Å². The second-order valence-corrected chi connectivity index (χ2v) is 5.49. The molecule has 0 radical (unpaired) electrons. The molecule has 1 aliphatic heterocycles. The second-order valence-electron chi connectivity index (χ2n) is 5.49. The Hall–Kier alpha value is -2.01. The van der Waals surface area contributed by atoms with E-state index in [-0.39, 0.29) is 5.78 Å². The van der Waals surface area contributed by atoms with Crippen molar-refractivity contribution in [1.82, 2.24) is 10.1 Å². The molecule has 3 rings (SSSR count). The lowest BCUT2D eigenvalue weighted by molar-refractivity contribution is -0.127. The Kier molecular flexibility index (Phi) is 3.84. The molecule has 1 fully saturated rings. The number of rotatable bonds is 3. The van der Waals surface area contributed by atoms with Crippen molar-refractivity contribution in [2.75, 3.05) is 13.2 Å². The van der Waals surface area contributed by atoms with E-state index in [2.05, 4.69) is 42.2 Å². The molecular weight excluding hydrogens is 268 g/mol. The number of hydrogen-bond acceptors (Lipinski definition) is 5. The number of ether oxygens (including phenoxy) is 1. The third-order valence-electron chi connectivity index (χ3n) is 3.88. The lowest BCUT2D eigenvalue weighted by Crippen LogP contribution is -2.25. The summed E-state index contributed by atoms with van der Waals surface area (Å²) in [6.45, 7) is 4.99. The van der Waals surface area contributed by atoms with E-state index < -0.39 is 5.92 Å². The van der Waals surface area contributed by atoms with Gasteiger partial charge in [-0.3, -0.25) is 4.79 Å². The molecular formula is C16H18N2O3.